The number of hydrogen-bond donors (Lipinski definition) is 1. The van der Waals surface area contributed by atoms with Crippen molar-refractivity contribution < 1.29 is 14.6 Å². The lowest BCUT2D eigenvalue weighted by molar-refractivity contribution is -0.139. The first-order chi connectivity index (χ1) is 14.5. The molecule has 3 aromatic rings. The van der Waals surface area contributed by atoms with Gasteiger partial charge in [-0.2, -0.15) is 0 Å². The van der Waals surface area contributed by atoms with Crippen molar-refractivity contribution in [1.29, 1.82) is 0 Å². The van der Waals surface area contributed by atoms with Gasteiger partial charge in [0.1, 0.15) is 5.75 Å². The van der Waals surface area contributed by atoms with Gasteiger partial charge >= 0.3 is 5.97 Å². The normalized spacial score (nSPS) is 10.5. The largest absolute Gasteiger partial charge is 0.482 e. The Balaban J connectivity index is 1.83. The van der Waals surface area contributed by atoms with Gasteiger partial charge in [0.15, 0.2) is 6.61 Å². The molecule has 0 fully saturated rings. The molecule has 0 bridgehead atoms. The van der Waals surface area contributed by atoms with E-state index in [4.69, 9.17) is 21.4 Å². The zero-order valence-corrected chi connectivity index (χ0v) is 21.5. The van der Waals surface area contributed by atoms with Gasteiger partial charge in [-0.1, -0.05) is 54.1 Å². The van der Waals surface area contributed by atoms with Gasteiger partial charge in [0, 0.05) is 17.8 Å². The van der Waals surface area contributed by atoms with Gasteiger partial charge < -0.3 is 9.84 Å². The molecule has 0 aliphatic carbocycles. The Hall–Kier alpha value is -1.23. The van der Waals surface area contributed by atoms with Crippen LogP contribution in [0.3, 0.4) is 0 Å². The third-order valence-electron chi connectivity index (χ3n) is 4.12. The number of carbonyl (C=O) groups is 1. The molecule has 1 N–H and O–H groups in total. The van der Waals surface area contributed by atoms with Crippen LogP contribution in [0.15, 0.2) is 77.7 Å². The summed E-state index contributed by atoms with van der Waals surface area (Å²) in [6, 6.07) is 21.9. The number of carboxylic acid groups (broad SMARTS) is 1. The van der Waals surface area contributed by atoms with E-state index in [0.29, 0.717) is 10.8 Å². The number of ether oxygens (including phenoxy) is 1. The highest BCUT2D eigenvalue weighted by Crippen LogP contribution is 2.34. The molecule has 0 aliphatic rings. The molecule has 0 spiro atoms. The minimum atomic E-state index is -1.02. The van der Waals surface area contributed by atoms with Crippen LogP contribution >= 0.6 is 68.5 Å². The number of rotatable bonds is 8. The molecule has 0 amide bonds. The second-order valence-electron chi connectivity index (χ2n) is 6.16. The Labute approximate surface area is 212 Å². The molecular formula is C23H17ClI2O3S. The molecule has 0 radical (unpaired) electrons. The summed E-state index contributed by atoms with van der Waals surface area (Å²) >= 11 is 12.7. The highest BCUT2D eigenvalue weighted by molar-refractivity contribution is 14.1. The summed E-state index contributed by atoms with van der Waals surface area (Å²) in [6.07, 6.45) is 2.23. The lowest BCUT2D eigenvalue weighted by atomic mass is 9.98. The molecule has 154 valence electrons. The first-order valence-electron chi connectivity index (χ1n) is 8.92. The predicted octanol–water partition coefficient (Wildman–Crippen LogP) is 7.24. The second kappa shape index (κ2) is 11.4. The molecule has 0 aromatic heterocycles. The Morgan fingerprint density at radius 1 is 1.00 bits per heavy atom. The van der Waals surface area contributed by atoms with E-state index in [-0.39, 0.29) is 6.61 Å². The molecular weight excluding hydrogens is 646 g/mol. The van der Waals surface area contributed by atoms with E-state index in [0.717, 1.165) is 10.6 Å². The van der Waals surface area contributed by atoms with Crippen LogP contribution in [0.2, 0.25) is 5.02 Å². The fourth-order valence-electron chi connectivity index (χ4n) is 2.77. The van der Waals surface area contributed by atoms with Gasteiger partial charge in [-0.3, -0.25) is 0 Å². The maximum atomic E-state index is 10.6. The Morgan fingerprint density at radius 3 is 2.13 bits per heavy atom. The number of thioether (sulfide) groups is 1. The lowest BCUT2D eigenvalue weighted by Gasteiger charge is -2.13. The van der Waals surface area contributed by atoms with Gasteiger partial charge in [0.25, 0.3) is 0 Å². The van der Waals surface area contributed by atoms with Crippen molar-refractivity contribution in [2.45, 2.75) is 4.90 Å². The van der Waals surface area contributed by atoms with Crippen LogP contribution < -0.4 is 4.74 Å². The molecule has 3 aromatic carbocycles. The molecule has 0 saturated carbocycles. The quantitative estimate of drug-likeness (QED) is 0.204. The van der Waals surface area contributed by atoms with Crippen molar-refractivity contribution in [3.05, 3.63) is 96.1 Å². The number of benzene rings is 3. The van der Waals surface area contributed by atoms with Crippen molar-refractivity contribution >= 4 is 80.1 Å². The average molecular weight is 663 g/mol. The fraction of sp³-hybridized carbons (Fsp3) is 0.0870. The number of halogens is 3. The zero-order chi connectivity index (χ0) is 21.5. The zero-order valence-electron chi connectivity index (χ0n) is 15.6. The Kier molecular flexibility index (Phi) is 8.91. The monoisotopic (exact) mass is 662 g/mol. The molecule has 30 heavy (non-hydrogen) atoms. The van der Waals surface area contributed by atoms with Crippen molar-refractivity contribution in [1.82, 2.24) is 0 Å². The maximum absolute atomic E-state index is 10.6. The first kappa shape index (κ1) is 23.4. The smallest absolute Gasteiger partial charge is 0.341 e. The average Bonchev–Trinajstić information content (AvgIpc) is 2.72. The molecule has 7 heteroatoms. The molecule has 0 aliphatic heterocycles. The van der Waals surface area contributed by atoms with Crippen LogP contribution in [0.25, 0.3) is 5.57 Å². The van der Waals surface area contributed by atoms with E-state index in [1.165, 1.54) is 23.8 Å². The van der Waals surface area contributed by atoms with E-state index < -0.39 is 5.97 Å². The van der Waals surface area contributed by atoms with Gasteiger partial charge in [-0.25, -0.2) is 4.79 Å². The van der Waals surface area contributed by atoms with Gasteiger partial charge in [0.2, 0.25) is 0 Å². The molecule has 3 nitrogen and oxygen atoms in total. The maximum Gasteiger partial charge on any atom is 0.341 e. The summed E-state index contributed by atoms with van der Waals surface area (Å²) in [5, 5.41) is 9.27. The van der Waals surface area contributed by atoms with Crippen molar-refractivity contribution in [3.8, 4) is 5.75 Å². The van der Waals surface area contributed by atoms with Crippen molar-refractivity contribution in [2.24, 2.45) is 0 Å². The van der Waals surface area contributed by atoms with E-state index in [9.17, 15) is 4.79 Å². The third kappa shape index (κ3) is 6.38. The highest BCUT2D eigenvalue weighted by Gasteiger charge is 2.11. The minimum Gasteiger partial charge on any atom is -0.482 e. The second-order valence-corrected chi connectivity index (χ2v) is 9.96. The van der Waals surface area contributed by atoms with Crippen LogP contribution in [-0.4, -0.2) is 23.4 Å². The Morgan fingerprint density at radius 2 is 1.60 bits per heavy atom. The van der Waals surface area contributed by atoms with Gasteiger partial charge in [0.05, 0.1) is 5.02 Å². The first-order valence-corrected chi connectivity index (χ1v) is 12.4. The van der Waals surface area contributed by atoms with Gasteiger partial charge in [-0.05, 0) is 92.2 Å². The third-order valence-corrected chi connectivity index (χ3v) is 7.43. The fourth-order valence-corrected chi connectivity index (χ4v) is 5.25. The predicted molar refractivity (Wildman–Crippen MR) is 141 cm³/mol. The van der Waals surface area contributed by atoms with Crippen molar-refractivity contribution in [3.63, 3.8) is 0 Å². The van der Waals surface area contributed by atoms with Crippen LogP contribution in [0.5, 0.6) is 5.75 Å². The summed E-state index contributed by atoms with van der Waals surface area (Å²) in [7, 11) is 0. The van der Waals surface area contributed by atoms with Crippen LogP contribution in [0.1, 0.15) is 11.1 Å². The SMILES string of the molecule is O=C(O)COc1ccc(SCC=C(c2ccccc2I)c2ccccc2I)c(Cl)c1. The molecule has 3 rings (SSSR count). The summed E-state index contributed by atoms with van der Waals surface area (Å²) in [4.78, 5) is 11.6. The molecule has 0 saturated heterocycles. The van der Waals surface area contributed by atoms with Gasteiger partial charge in [-0.15, -0.1) is 11.8 Å². The van der Waals surface area contributed by atoms with Crippen LogP contribution in [0, 0.1) is 7.14 Å². The van der Waals surface area contributed by atoms with Crippen LogP contribution in [-0.2, 0) is 4.79 Å². The van der Waals surface area contributed by atoms with E-state index >= 15 is 0 Å². The van der Waals surface area contributed by atoms with E-state index in [1.807, 2.05) is 18.2 Å². The molecule has 0 heterocycles. The standard InChI is InChI=1S/C23H17ClI2O3S/c24-19-13-15(29-14-23(27)28)9-10-22(19)30-12-11-16(17-5-1-3-7-20(17)25)18-6-2-4-8-21(18)26/h1-11,13H,12,14H2,(H,27,28). The number of carboxylic acids is 1. The summed E-state index contributed by atoms with van der Waals surface area (Å²) in [6.45, 7) is -0.389. The van der Waals surface area contributed by atoms with Crippen LogP contribution in [0.4, 0.5) is 0 Å². The summed E-state index contributed by atoms with van der Waals surface area (Å²) in [5.74, 6) is 0.161. The minimum absolute atomic E-state index is 0.389. The molecule has 0 atom stereocenters. The summed E-state index contributed by atoms with van der Waals surface area (Å²) < 4.78 is 7.58. The van der Waals surface area contributed by atoms with E-state index in [1.54, 1.807) is 23.9 Å². The Bertz CT molecular complexity index is 1040. The summed E-state index contributed by atoms with van der Waals surface area (Å²) in [5.41, 5.74) is 3.59. The topological polar surface area (TPSA) is 46.5 Å². The highest BCUT2D eigenvalue weighted by atomic mass is 127. The van der Waals surface area contributed by atoms with E-state index in [2.05, 4.69) is 87.7 Å². The lowest BCUT2D eigenvalue weighted by Crippen LogP contribution is -2.09. The number of aliphatic carboxylic acids is 1. The van der Waals surface area contributed by atoms with Crippen molar-refractivity contribution in [2.75, 3.05) is 12.4 Å². The molecule has 0 unspecified atom stereocenters. The number of hydrogen-bond acceptors (Lipinski definition) is 3.